The first kappa shape index (κ1) is 21.4. The van der Waals surface area contributed by atoms with Gasteiger partial charge in [-0.15, -0.1) is 0 Å². The van der Waals surface area contributed by atoms with Crippen LogP contribution in [0, 0.1) is 31.1 Å². The van der Waals surface area contributed by atoms with E-state index < -0.39 is 5.41 Å². The molecule has 1 aromatic rings. The van der Waals surface area contributed by atoms with Gasteiger partial charge in [0.25, 0.3) is 0 Å². The summed E-state index contributed by atoms with van der Waals surface area (Å²) in [5, 5.41) is 3.23. The molecule has 0 heterocycles. The number of amides is 1. The van der Waals surface area contributed by atoms with Crippen LogP contribution in [0.1, 0.15) is 88.5 Å². The molecular formula is C26H37NO3. The maximum Gasteiger partial charge on any atom is 0.312 e. The van der Waals surface area contributed by atoms with E-state index in [2.05, 4.69) is 52.1 Å². The standard InChI is InChI=1S/C26H37NO3/c1-16-7-21(24(4,5)6)8-17(2)22(16)14-30-23(29)25-10-19-9-20(11-25)13-26(12-19,15-25)27-18(3)28/h7-8,19-20H,9-15H2,1-6H3,(H,27,28)/t19-,20+,25?,26?. The molecule has 0 aliphatic heterocycles. The molecule has 4 nitrogen and oxygen atoms in total. The van der Waals surface area contributed by atoms with Gasteiger partial charge in [0.2, 0.25) is 5.91 Å². The van der Waals surface area contributed by atoms with Crippen LogP contribution in [0.5, 0.6) is 0 Å². The van der Waals surface area contributed by atoms with E-state index in [1.165, 1.54) is 23.1 Å². The van der Waals surface area contributed by atoms with Gasteiger partial charge in [-0.25, -0.2) is 0 Å². The van der Waals surface area contributed by atoms with E-state index in [0.717, 1.165) is 37.7 Å². The van der Waals surface area contributed by atoms with E-state index in [1.54, 1.807) is 6.92 Å². The van der Waals surface area contributed by atoms with Crippen molar-refractivity contribution in [1.29, 1.82) is 0 Å². The van der Waals surface area contributed by atoms with E-state index >= 15 is 0 Å². The summed E-state index contributed by atoms with van der Waals surface area (Å²) in [6.45, 7) is 12.8. The van der Waals surface area contributed by atoms with Crippen molar-refractivity contribution in [3.63, 3.8) is 0 Å². The number of rotatable bonds is 4. The second kappa shape index (κ2) is 7.10. The van der Waals surface area contributed by atoms with Crippen LogP contribution >= 0.6 is 0 Å². The molecule has 4 aliphatic rings. The number of aryl methyl sites for hydroxylation is 2. The second-order valence-electron chi connectivity index (χ2n) is 11.6. The number of nitrogens with one attached hydrogen (secondary N) is 1. The monoisotopic (exact) mass is 411 g/mol. The topological polar surface area (TPSA) is 55.4 Å². The summed E-state index contributed by atoms with van der Waals surface area (Å²) in [6, 6.07) is 4.46. The number of carbonyl (C=O) groups is 2. The van der Waals surface area contributed by atoms with Crippen molar-refractivity contribution in [3.8, 4) is 0 Å². The van der Waals surface area contributed by atoms with Crippen molar-refractivity contribution in [2.24, 2.45) is 17.3 Å². The number of hydrogen-bond donors (Lipinski definition) is 1. The predicted octanol–water partition coefficient (Wildman–Crippen LogP) is 5.12. The first-order chi connectivity index (χ1) is 13.9. The molecule has 4 fully saturated rings. The molecule has 2 unspecified atom stereocenters. The summed E-state index contributed by atoms with van der Waals surface area (Å²) in [5.41, 5.74) is 4.29. The zero-order valence-electron chi connectivity index (χ0n) is 19.5. The van der Waals surface area contributed by atoms with E-state index in [0.29, 0.717) is 18.4 Å². The fourth-order valence-electron chi connectivity index (χ4n) is 6.97. The third-order valence-electron chi connectivity index (χ3n) is 7.84. The van der Waals surface area contributed by atoms with Crippen LogP contribution in [0.2, 0.25) is 0 Å². The third kappa shape index (κ3) is 3.78. The normalized spacial score (nSPS) is 32.2. The Hall–Kier alpha value is -1.84. The molecule has 4 bridgehead atoms. The zero-order valence-corrected chi connectivity index (χ0v) is 19.5. The smallest absolute Gasteiger partial charge is 0.312 e. The van der Waals surface area contributed by atoms with Gasteiger partial charge in [0.05, 0.1) is 5.41 Å². The zero-order chi connectivity index (χ0) is 21.9. The Bertz CT molecular complexity index is 842. The Kier molecular flexibility index (Phi) is 5.06. The highest BCUT2D eigenvalue weighted by molar-refractivity contribution is 5.79. The highest BCUT2D eigenvalue weighted by atomic mass is 16.5. The highest BCUT2D eigenvalue weighted by Crippen LogP contribution is 2.62. The van der Waals surface area contributed by atoms with Gasteiger partial charge in [-0.2, -0.15) is 0 Å². The first-order valence-electron chi connectivity index (χ1n) is 11.5. The van der Waals surface area contributed by atoms with Crippen molar-refractivity contribution in [2.45, 2.75) is 97.6 Å². The number of benzene rings is 1. The molecule has 30 heavy (non-hydrogen) atoms. The van der Waals surface area contributed by atoms with Gasteiger partial charge < -0.3 is 10.1 Å². The molecule has 0 aromatic heterocycles. The Labute approximate surface area is 181 Å². The van der Waals surface area contributed by atoms with Crippen LogP contribution in [0.15, 0.2) is 12.1 Å². The minimum atomic E-state index is -0.417. The van der Waals surface area contributed by atoms with Crippen LogP contribution in [0.25, 0.3) is 0 Å². The molecule has 4 heteroatoms. The molecular weight excluding hydrogens is 374 g/mol. The average molecular weight is 412 g/mol. The van der Waals surface area contributed by atoms with Crippen molar-refractivity contribution in [3.05, 3.63) is 34.4 Å². The van der Waals surface area contributed by atoms with Crippen LogP contribution in [0.4, 0.5) is 0 Å². The Morgan fingerprint density at radius 1 is 1.07 bits per heavy atom. The van der Waals surface area contributed by atoms with Crippen LogP contribution in [-0.2, 0) is 26.3 Å². The van der Waals surface area contributed by atoms with Gasteiger partial charge in [0.1, 0.15) is 6.61 Å². The van der Waals surface area contributed by atoms with Crippen molar-refractivity contribution >= 4 is 11.9 Å². The van der Waals surface area contributed by atoms with Gasteiger partial charge in [-0.05, 0) is 91.9 Å². The van der Waals surface area contributed by atoms with Gasteiger partial charge in [0.15, 0.2) is 0 Å². The maximum absolute atomic E-state index is 13.4. The number of hydrogen-bond acceptors (Lipinski definition) is 3. The molecule has 164 valence electrons. The number of carbonyl (C=O) groups excluding carboxylic acids is 2. The average Bonchev–Trinajstić information content (AvgIpc) is 2.57. The summed E-state index contributed by atoms with van der Waals surface area (Å²) < 4.78 is 6.00. The second-order valence-corrected chi connectivity index (χ2v) is 11.6. The SMILES string of the molecule is CC(=O)NC12C[C@H]3C[C@@H](C1)CC(C(=O)OCc1c(C)cc(C(C)(C)C)cc1C)(C3)C2. The maximum atomic E-state index is 13.4. The van der Waals surface area contributed by atoms with E-state index in [4.69, 9.17) is 4.74 Å². The van der Waals surface area contributed by atoms with Crippen LogP contribution in [0.3, 0.4) is 0 Å². The molecule has 0 radical (unpaired) electrons. The van der Waals surface area contributed by atoms with E-state index in [9.17, 15) is 9.59 Å². The van der Waals surface area contributed by atoms with Crippen LogP contribution < -0.4 is 5.32 Å². The Morgan fingerprint density at radius 2 is 1.63 bits per heavy atom. The minimum Gasteiger partial charge on any atom is -0.460 e. The molecule has 4 saturated carbocycles. The third-order valence-corrected chi connectivity index (χ3v) is 7.84. The van der Waals surface area contributed by atoms with Crippen LogP contribution in [-0.4, -0.2) is 17.4 Å². The van der Waals surface area contributed by atoms with Gasteiger partial charge in [0, 0.05) is 12.5 Å². The predicted molar refractivity (Wildman–Crippen MR) is 118 cm³/mol. The molecule has 0 spiro atoms. The van der Waals surface area contributed by atoms with Gasteiger partial charge in [-0.3, -0.25) is 9.59 Å². The van der Waals surface area contributed by atoms with Crippen molar-refractivity contribution in [1.82, 2.24) is 5.32 Å². The van der Waals surface area contributed by atoms with E-state index in [-0.39, 0.29) is 22.8 Å². The molecule has 5 rings (SSSR count). The summed E-state index contributed by atoms with van der Waals surface area (Å²) in [7, 11) is 0. The molecule has 1 amide bonds. The molecule has 4 atom stereocenters. The number of ether oxygens (including phenoxy) is 1. The Balaban J connectivity index is 1.52. The summed E-state index contributed by atoms with van der Waals surface area (Å²) in [5.74, 6) is 1.02. The first-order valence-corrected chi connectivity index (χ1v) is 11.5. The largest absolute Gasteiger partial charge is 0.460 e. The molecule has 0 saturated heterocycles. The highest BCUT2D eigenvalue weighted by Gasteiger charge is 2.61. The molecule has 1 aromatic carbocycles. The minimum absolute atomic E-state index is 0.0191. The molecule has 4 aliphatic carbocycles. The fraction of sp³-hybridized carbons (Fsp3) is 0.692. The molecule has 1 N–H and O–H groups in total. The lowest BCUT2D eigenvalue weighted by Gasteiger charge is -2.60. The van der Waals surface area contributed by atoms with Crippen molar-refractivity contribution in [2.75, 3.05) is 0 Å². The lowest BCUT2D eigenvalue weighted by Crippen LogP contribution is -2.64. The lowest BCUT2D eigenvalue weighted by molar-refractivity contribution is -0.177. The summed E-state index contributed by atoms with van der Waals surface area (Å²) in [6.07, 6.45) is 5.82. The fourth-order valence-corrected chi connectivity index (χ4v) is 6.97. The summed E-state index contributed by atoms with van der Waals surface area (Å²) >= 11 is 0. The van der Waals surface area contributed by atoms with Gasteiger partial charge in [-0.1, -0.05) is 32.9 Å². The quantitative estimate of drug-likeness (QED) is 0.700. The Morgan fingerprint density at radius 3 is 2.13 bits per heavy atom. The summed E-state index contributed by atoms with van der Waals surface area (Å²) in [4.78, 5) is 25.3. The number of esters is 1. The van der Waals surface area contributed by atoms with Gasteiger partial charge >= 0.3 is 5.97 Å². The van der Waals surface area contributed by atoms with E-state index in [1.807, 2.05) is 0 Å². The lowest BCUT2D eigenvalue weighted by atomic mass is 9.47. The van der Waals surface area contributed by atoms with Crippen molar-refractivity contribution < 1.29 is 14.3 Å².